The van der Waals surface area contributed by atoms with E-state index in [0.717, 1.165) is 37.1 Å². The first-order valence-electron chi connectivity index (χ1n) is 6.15. The van der Waals surface area contributed by atoms with Gasteiger partial charge < -0.3 is 9.05 Å². The minimum absolute atomic E-state index is 0.941. The lowest BCUT2D eigenvalue weighted by molar-refractivity contribution is 0.220. The molecule has 0 aliphatic rings. The van der Waals surface area contributed by atoms with Crippen LogP contribution < -0.4 is 0 Å². The summed E-state index contributed by atoms with van der Waals surface area (Å²) in [5, 5.41) is 8.04. The molecule has 0 fully saturated rings. The lowest BCUT2D eigenvalue weighted by atomic mass is 10.2. The predicted octanol–water partition coefficient (Wildman–Crippen LogP) is 3.32. The smallest absolute Gasteiger partial charge is 0.406 e. The molecule has 0 aromatic heterocycles. The van der Waals surface area contributed by atoms with E-state index in [9.17, 15) is 0 Å². The highest BCUT2D eigenvalue weighted by molar-refractivity contribution is 6.50. The molecule has 0 N–H and O–H groups in total. The summed E-state index contributed by atoms with van der Waals surface area (Å²) in [6, 6.07) is 0. The number of hydrogen-bond acceptors (Lipinski definition) is 4. The molecule has 0 saturated carbocycles. The van der Waals surface area contributed by atoms with Gasteiger partial charge in [-0.05, 0) is 32.4 Å². The van der Waals surface area contributed by atoms with Crippen molar-refractivity contribution in [2.75, 3.05) is 0 Å². The van der Waals surface area contributed by atoms with Crippen LogP contribution >= 0.6 is 0 Å². The summed E-state index contributed by atoms with van der Waals surface area (Å²) in [5.74, 6) is 0. The van der Waals surface area contributed by atoms with Crippen LogP contribution in [-0.2, 0) is 9.05 Å². The normalized spacial score (nSPS) is 14.4. The van der Waals surface area contributed by atoms with Gasteiger partial charge in [-0.1, -0.05) is 26.7 Å². The molecule has 0 saturated heterocycles. The number of rotatable bonds is 9. The van der Waals surface area contributed by atoms with Crippen LogP contribution in [0.4, 0.5) is 0 Å². The minimum atomic E-state index is -1.99. The van der Waals surface area contributed by atoms with E-state index in [-0.39, 0.29) is 0 Å². The Labute approximate surface area is 106 Å². The summed E-state index contributed by atoms with van der Waals surface area (Å²) in [6.07, 6.45) is 4.01. The van der Waals surface area contributed by atoms with Gasteiger partial charge in [0.15, 0.2) is 0 Å². The molecule has 4 nitrogen and oxygen atoms in total. The quantitative estimate of drug-likeness (QED) is 0.361. The van der Waals surface area contributed by atoms with Crippen LogP contribution in [0.2, 0.25) is 0 Å². The lowest BCUT2D eigenvalue weighted by Gasteiger charge is -2.08. The summed E-state index contributed by atoms with van der Waals surface area (Å²) in [5.41, 5.74) is 3.63. The fourth-order valence-corrected chi connectivity index (χ4v) is 1.98. The molecule has 0 aliphatic carbocycles. The van der Waals surface area contributed by atoms with Crippen molar-refractivity contribution in [2.24, 2.45) is 10.3 Å². The van der Waals surface area contributed by atoms with Gasteiger partial charge in [-0.3, -0.25) is 0 Å². The summed E-state index contributed by atoms with van der Waals surface area (Å²) in [6.45, 7) is 11.8. The first-order chi connectivity index (χ1) is 8.13. The summed E-state index contributed by atoms with van der Waals surface area (Å²) >= 11 is 0. The van der Waals surface area contributed by atoms with Crippen LogP contribution in [0.15, 0.2) is 22.6 Å². The highest BCUT2D eigenvalue weighted by atomic mass is 28.3. The zero-order valence-corrected chi connectivity index (χ0v) is 12.6. The van der Waals surface area contributed by atoms with Gasteiger partial charge in [0.1, 0.15) is 0 Å². The van der Waals surface area contributed by atoms with Crippen molar-refractivity contribution in [1.29, 1.82) is 0 Å². The third-order valence-electron chi connectivity index (χ3n) is 2.04. The fourth-order valence-electron chi connectivity index (χ4n) is 1.20. The maximum absolute atomic E-state index is 5.31. The maximum atomic E-state index is 5.31. The van der Waals surface area contributed by atoms with E-state index in [4.69, 9.17) is 9.05 Å². The highest BCUT2D eigenvalue weighted by Crippen LogP contribution is 1.99. The van der Waals surface area contributed by atoms with Crippen LogP contribution in [0.3, 0.4) is 0 Å². The Kier molecular flexibility index (Phi) is 9.42. The Morgan fingerprint density at radius 2 is 1.47 bits per heavy atom. The third kappa shape index (κ3) is 8.68. The molecule has 0 spiro atoms. The number of hydrogen-bond donors (Lipinski definition) is 0. The second kappa shape index (κ2) is 10.1. The standard InChI is InChI=1S/C12H24N2O2Si/c1-6-9-11(4)13-15-17(8-3)16-14-12(5)10-7-2/h8,17H,3,6-7,9-10H2,1-2,4-5H3. The van der Waals surface area contributed by atoms with Gasteiger partial charge in [0.05, 0.1) is 11.4 Å². The van der Waals surface area contributed by atoms with Crippen molar-refractivity contribution in [2.45, 2.75) is 53.4 Å². The molecule has 0 aliphatic heterocycles. The second-order valence-electron chi connectivity index (χ2n) is 3.97. The lowest BCUT2D eigenvalue weighted by Crippen LogP contribution is -2.16. The van der Waals surface area contributed by atoms with E-state index in [2.05, 4.69) is 30.7 Å². The molecule has 5 heteroatoms. The van der Waals surface area contributed by atoms with E-state index in [1.54, 1.807) is 5.70 Å². The van der Waals surface area contributed by atoms with Gasteiger partial charge in [-0.2, -0.15) is 0 Å². The van der Waals surface area contributed by atoms with Gasteiger partial charge in [-0.15, -0.1) is 16.9 Å². The number of nitrogens with zero attached hydrogens (tertiary/aromatic N) is 2. The van der Waals surface area contributed by atoms with Crippen molar-refractivity contribution in [3.8, 4) is 0 Å². The van der Waals surface area contributed by atoms with Crippen molar-refractivity contribution in [3.05, 3.63) is 12.3 Å². The molecular weight excluding hydrogens is 232 g/mol. The van der Waals surface area contributed by atoms with Crippen LogP contribution in [0.1, 0.15) is 53.4 Å². The van der Waals surface area contributed by atoms with Crippen LogP contribution in [0.25, 0.3) is 0 Å². The Bertz CT molecular complexity index is 254. The Hall–Kier alpha value is -1.10. The van der Waals surface area contributed by atoms with Crippen molar-refractivity contribution < 1.29 is 9.05 Å². The monoisotopic (exact) mass is 256 g/mol. The van der Waals surface area contributed by atoms with Crippen molar-refractivity contribution in [1.82, 2.24) is 0 Å². The van der Waals surface area contributed by atoms with E-state index in [1.807, 2.05) is 13.8 Å². The Balaban J connectivity index is 4.12. The molecule has 0 radical (unpaired) electrons. The second-order valence-corrected chi connectivity index (χ2v) is 5.60. The largest absolute Gasteiger partial charge is 0.519 e. The Morgan fingerprint density at radius 3 is 1.76 bits per heavy atom. The van der Waals surface area contributed by atoms with Gasteiger partial charge in [0.25, 0.3) is 0 Å². The molecule has 0 aromatic carbocycles. The average Bonchev–Trinajstić information content (AvgIpc) is 2.30. The number of oxime groups is 2. The van der Waals surface area contributed by atoms with Crippen LogP contribution in [-0.4, -0.2) is 20.7 Å². The zero-order valence-electron chi connectivity index (χ0n) is 11.4. The van der Waals surface area contributed by atoms with E-state index in [1.165, 1.54) is 0 Å². The maximum Gasteiger partial charge on any atom is 0.519 e. The molecule has 17 heavy (non-hydrogen) atoms. The van der Waals surface area contributed by atoms with E-state index in [0.29, 0.717) is 0 Å². The van der Waals surface area contributed by atoms with E-state index < -0.39 is 9.28 Å². The van der Waals surface area contributed by atoms with Crippen molar-refractivity contribution in [3.63, 3.8) is 0 Å². The topological polar surface area (TPSA) is 43.2 Å². The fraction of sp³-hybridized carbons (Fsp3) is 0.667. The molecule has 0 aromatic rings. The summed E-state index contributed by atoms with van der Waals surface area (Å²) in [4.78, 5) is 0. The SMILES string of the molecule is C=C[SiH](ON=C(C)CCC)ON=C(C)CCC. The van der Waals surface area contributed by atoms with E-state index >= 15 is 0 Å². The molecule has 0 heterocycles. The van der Waals surface area contributed by atoms with Gasteiger partial charge >= 0.3 is 9.28 Å². The Morgan fingerprint density at radius 1 is 1.06 bits per heavy atom. The highest BCUT2D eigenvalue weighted by Gasteiger charge is 2.10. The third-order valence-corrected chi connectivity index (χ3v) is 3.05. The first kappa shape index (κ1) is 15.9. The molecule has 98 valence electrons. The minimum Gasteiger partial charge on any atom is -0.406 e. The predicted molar refractivity (Wildman–Crippen MR) is 75.6 cm³/mol. The average molecular weight is 256 g/mol. The molecular formula is C12H24N2O2Si. The van der Waals surface area contributed by atoms with Crippen LogP contribution in [0.5, 0.6) is 0 Å². The van der Waals surface area contributed by atoms with Gasteiger partial charge in [0, 0.05) is 0 Å². The van der Waals surface area contributed by atoms with Gasteiger partial charge in [-0.25, -0.2) is 0 Å². The van der Waals surface area contributed by atoms with Crippen molar-refractivity contribution >= 4 is 20.7 Å². The molecule has 0 amide bonds. The summed E-state index contributed by atoms with van der Waals surface area (Å²) < 4.78 is 10.6. The molecule has 0 atom stereocenters. The summed E-state index contributed by atoms with van der Waals surface area (Å²) in [7, 11) is -1.99. The molecule has 0 rings (SSSR count). The first-order valence-corrected chi connectivity index (χ1v) is 7.76. The van der Waals surface area contributed by atoms with Gasteiger partial charge in [0.2, 0.25) is 0 Å². The molecule has 0 unspecified atom stereocenters. The molecule has 0 bridgehead atoms. The van der Waals surface area contributed by atoms with Crippen LogP contribution in [0, 0.1) is 0 Å². The zero-order chi connectivity index (χ0) is 13.1.